The molecule has 0 aromatic heterocycles. The summed E-state index contributed by atoms with van der Waals surface area (Å²) in [5.41, 5.74) is 2.93. The van der Waals surface area contributed by atoms with E-state index >= 15 is 0 Å². The van der Waals surface area contributed by atoms with E-state index in [-0.39, 0.29) is 18.9 Å². The summed E-state index contributed by atoms with van der Waals surface area (Å²) in [4.78, 5) is 42.4. The van der Waals surface area contributed by atoms with Crippen molar-refractivity contribution in [2.75, 3.05) is 31.0 Å². The Labute approximate surface area is 277 Å². The van der Waals surface area contributed by atoms with E-state index in [0.29, 0.717) is 56.4 Å². The number of amides is 5. The van der Waals surface area contributed by atoms with Crippen molar-refractivity contribution in [1.82, 2.24) is 15.4 Å². The quantitative estimate of drug-likeness (QED) is 0.0860. The third kappa shape index (κ3) is 8.00. The number of unbranched alkanes of at least 4 members (excludes halogenated alkanes) is 1. The lowest BCUT2D eigenvalue weighted by Gasteiger charge is -2.38. The molecule has 0 spiro atoms. The van der Waals surface area contributed by atoms with E-state index in [1.807, 2.05) is 0 Å². The maximum absolute atomic E-state index is 13.9. The van der Waals surface area contributed by atoms with Gasteiger partial charge in [-0.3, -0.25) is 14.9 Å². The third-order valence-corrected chi connectivity index (χ3v) is 7.93. The lowest BCUT2D eigenvalue weighted by molar-refractivity contribution is -0.121. The van der Waals surface area contributed by atoms with Crippen LogP contribution in [0.4, 0.5) is 21.0 Å². The van der Waals surface area contributed by atoms with Crippen molar-refractivity contribution in [3.05, 3.63) is 82.3 Å². The summed E-state index contributed by atoms with van der Waals surface area (Å²) in [7, 11) is 3.08. The number of hydroxylamine groups is 2. The van der Waals surface area contributed by atoms with Crippen molar-refractivity contribution < 1.29 is 29.1 Å². The fourth-order valence-corrected chi connectivity index (χ4v) is 5.56. The van der Waals surface area contributed by atoms with Crippen molar-refractivity contribution >= 4 is 58.8 Å². The van der Waals surface area contributed by atoms with Gasteiger partial charge in [0.2, 0.25) is 5.91 Å². The van der Waals surface area contributed by atoms with Gasteiger partial charge in [-0.05, 0) is 86.8 Å². The number of ether oxygens (including phenoxy) is 2. The maximum Gasteiger partial charge on any atom is 0.347 e. The van der Waals surface area contributed by atoms with Gasteiger partial charge in [-0.15, -0.1) is 0 Å². The Morgan fingerprint density at radius 2 is 1.70 bits per heavy atom. The molecule has 3 aromatic carbocycles. The van der Waals surface area contributed by atoms with Crippen LogP contribution in [0.3, 0.4) is 0 Å². The largest absolute Gasteiger partial charge is 0.493 e. The topological polar surface area (TPSA) is 136 Å². The fraction of sp³-hybridized carbons (Fsp3) is 0.312. The molecular weight excluding hydrogens is 635 g/mol. The van der Waals surface area contributed by atoms with Crippen LogP contribution >= 0.6 is 23.2 Å². The van der Waals surface area contributed by atoms with Crippen LogP contribution in [-0.2, 0) is 4.79 Å². The van der Waals surface area contributed by atoms with Crippen LogP contribution in [0, 0.1) is 0 Å². The second kappa shape index (κ2) is 15.2. The Balaban J connectivity index is 1.41. The summed E-state index contributed by atoms with van der Waals surface area (Å²) in [5.74, 6) is 0.832. The Morgan fingerprint density at radius 1 is 1.00 bits per heavy atom. The minimum absolute atomic E-state index is 0.168. The predicted octanol–water partition coefficient (Wildman–Crippen LogP) is 6.60. The normalized spacial score (nSPS) is 15.6. The van der Waals surface area contributed by atoms with Crippen molar-refractivity contribution in [3.63, 3.8) is 0 Å². The van der Waals surface area contributed by atoms with Crippen LogP contribution in [0.1, 0.15) is 38.7 Å². The number of carbonyl (C=O) groups is 3. The summed E-state index contributed by atoms with van der Waals surface area (Å²) in [6.07, 6.45) is 1.46. The number of benzene rings is 3. The van der Waals surface area contributed by atoms with Gasteiger partial charge in [0, 0.05) is 34.4 Å². The smallest absolute Gasteiger partial charge is 0.347 e. The Kier molecular flexibility index (Phi) is 11.3. The molecular formula is C32H36Cl2N6O6. The standard InChI is InChI=1S/C32H36Cl2N6O6/c1-32(2)29(40(44)30(42)36-24-11-7-9-22(33)18-24)39(25-12-8-10-23(34)19-25)31(43)38(32)16-6-5-13-28(41)37-35-20-21-14-15-26(45-3)27(17-21)46-4/h7-12,14-15,17-20,29,44H,5-6,13,16H2,1-4H3,(H,36,42)(H,37,41)/b35-20+. The van der Waals surface area contributed by atoms with Crippen LogP contribution in [0.5, 0.6) is 11.5 Å². The third-order valence-electron chi connectivity index (χ3n) is 7.46. The number of carbonyl (C=O) groups excluding carboxylic acids is 3. The number of hydrogen-bond acceptors (Lipinski definition) is 7. The first-order valence-corrected chi connectivity index (χ1v) is 15.2. The number of rotatable bonds is 12. The number of hydrazone groups is 1. The number of hydrogen-bond donors (Lipinski definition) is 3. The monoisotopic (exact) mass is 670 g/mol. The first-order valence-electron chi connectivity index (χ1n) is 14.4. The second-order valence-corrected chi connectivity index (χ2v) is 11.8. The summed E-state index contributed by atoms with van der Waals surface area (Å²) in [5, 5.41) is 19.2. The highest BCUT2D eigenvalue weighted by atomic mass is 35.5. The summed E-state index contributed by atoms with van der Waals surface area (Å²) < 4.78 is 10.5. The predicted molar refractivity (Wildman–Crippen MR) is 177 cm³/mol. The van der Waals surface area contributed by atoms with Gasteiger partial charge in [0.05, 0.1) is 26.0 Å². The molecule has 3 aromatic rings. The van der Waals surface area contributed by atoms with E-state index < -0.39 is 23.8 Å². The van der Waals surface area contributed by atoms with Gasteiger partial charge >= 0.3 is 12.1 Å². The highest BCUT2D eigenvalue weighted by molar-refractivity contribution is 6.31. The van der Waals surface area contributed by atoms with Crippen LogP contribution in [0.15, 0.2) is 71.8 Å². The van der Waals surface area contributed by atoms with Gasteiger partial charge in [-0.25, -0.2) is 15.0 Å². The molecule has 1 aliphatic rings. The minimum atomic E-state index is -1.13. The summed E-state index contributed by atoms with van der Waals surface area (Å²) in [6, 6.07) is 17.0. The van der Waals surface area contributed by atoms with Crippen LogP contribution in [0.25, 0.3) is 0 Å². The number of anilines is 2. The minimum Gasteiger partial charge on any atom is -0.493 e. The molecule has 1 unspecified atom stereocenters. The van der Waals surface area contributed by atoms with Crippen molar-refractivity contribution in [2.45, 2.75) is 44.8 Å². The molecule has 12 nitrogen and oxygen atoms in total. The molecule has 4 rings (SSSR count). The van der Waals surface area contributed by atoms with E-state index in [2.05, 4.69) is 15.8 Å². The summed E-state index contributed by atoms with van der Waals surface area (Å²) in [6.45, 7) is 3.77. The molecule has 0 aliphatic carbocycles. The van der Waals surface area contributed by atoms with E-state index in [1.54, 1.807) is 86.5 Å². The Hall–Kier alpha value is -4.52. The SMILES string of the molecule is COc1ccc(/C=N/NC(=O)CCCCN2C(=O)N(c3cccc(Cl)c3)C(N(O)C(=O)Nc3cccc(Cl)c3)C2(C)C)cc1OC. The molecule has 0 saturated carbocycles. The van der Waals surface area contributed by atoms with Crippen molar-refractivity contribution in [2.24, 2.45) is 5.10 Å². The van der Waals surface area contributed by atoms with Gasteiger partial charge in [-0.1, -0.05) is 35.3 Å². The highest BCUT2D eigenvalue weighted by Gasteiger charge is 2.55. The van der Waals surface area contributed by atoms with Crippen LogP contribution in [-0.4, -0.2) is 71.8 Å². The molecule has 1 fully saturated rings. The number of halogens is 2. The van der Waals surface area contributed by atoms with E-state index in [4.69, 9.17) is 32.7 Å². The lowest BCUT2D eigenvalue weighted by atomic mass is 9.99. The van der Waals surface area contributed by atoms with Gasteiger partial charge in [0.15, 0.2) is 17.7 Å². The number of urea groups is 2. The zero-order valence-corrected chi connectivity index (χ0v) is 27.4. The molecule has 5 amide bonds. The molecule has 14 heteroatoms. The molecule has 3 N–H and O–H groups in total. The first kappa shape index (κ1) is 34.4. The van der Waals surface area contributed by atoms with E-state index in [0.717, 1.165) is 0 Å². The average Bonchev–Trinajstić information content (AvgIpc) is 3.22. The van der Waals surface area contributed by atoms with Gasteiger partial charge in [0.1, 0.15) is 0 Å². The van der Waals surface area contributed by atoms with Gasteiger partial charge < -0.3 is 19.7 Å². The highest BCUT2D eigenvalue weighted by Crippen LogP contribution is 2.39. The van der Waals surface area contributed by atoms with Crippen LogP contribution in [0.2, 0.25) is 10.0 Å². The molecule has 1 heterocycles. The van der Waals surface area contributed by atoms with Crippen LogP contribution < -0.4 is 25.1 Å². The lowest BCUT2D eigenvalue weighted by Crippen LogP contribution is -2.58. The van der Waals surface area contributed by atoms with E-state index in [9.17, 15) is 19.6 Å². The molecule has 46 heavy (non-hydrogen) atoms. The molecule has 0 radical (unpaired) electrons. The molecule has 0 bridgehead atoms. The second-order valence-electron chi connectivity index (χ2n) is 11.0. The fourth-order valence-electron chi connectivity index (χ4n) is 5.19. The Bertz CT molecular complexity index is 1600. The van der Waals surface area contributed by atoms with Crippen molar-refractivity contribution in [3.8, 4) is 11.5 Å². The maximum atomic E-state index is 13.9. The number of nitrogens with zero attached hydrogens (tertiary/aromatic N) is 4. The van der Waals surface area contributed by atoms with E-state index in [1.165, 1.54) is 24.3 Å². The molecule has 1 aliphatic heterocycles. The molecule has 1 saturated heterocycles. The van der Waals surface area contributed by atoms with Gasteiger partial charge in [-0.2, -0.15) is 10.2 Å². The molecule has 1 atom stereocenters. The zero-order chi connectivity index (χ0) is 33.4. The van der Waals surface area contributed by atoms with Crippen molar-refractivity contribution in [1.29, 1.82) is 0 Å². The number of methoxy groups -OCH3 is 2. The average molecular weight is 672 g/mol. The molecule has 244 valence electrons. The number of nitrogens with one attached hydrogen (secondary N) is 2. The summed E-state index contributed by atoms with van der Waals surface area (Å²) >= 11 is 12.3. The Morgan fingerprint density at radius 3 is 2.37 bits per heavy atom. The zero-order valence-electron chi connectivity index (χ0n) is 25.9. The first-order chi connectivity index (χ1) is 22.0. The van der Waals surface area contributed by atoms with Gasteiger partial charge in [0.25, 0.3) is 0 Å².